The lowest BCUT2D eigenvalue weighted by molar-refractivity contribution is -0.174. The smallest absolute Gasteiger partial charge is 0.370 e. The first-order valence-corrected chi connectivity index (χ1v) is 5.50. The second-order valence-electron chi connectivity index (χ2n) is 3.84. The van der Waals surface area contributed by atoms with Gasteiger partial charge in [0.25, 0.3) is 0 Å². The van der Waals surface area contributed by atoms with Crippen molar-refractivity contribution in [3.8, 4) is 0 Å². The summed E-state index contributed by atoms with van der Waals surface area (Å²) in [5, 5.41) is -0.0133. The topological polar surface area (TPSA) is 35.2 Å². The first-order chi connectivity index (χ1) is 8.28. The molecule has 2 N–H and O–H groups in total. The number of ether oxygens (including phenoxy) is 1. The lowest BCUT2D eigenvalue weighted by Crippen LogP contribution is -2.31. The first-order valence-electron chi connectivity index (χ1n) is 5.12. The van der Waals surface area contributed by atoms with Crippen molar-refractivity contribution in [3.63, 3.8) is 0 Å². The van der Waals surface area contributed by atoms with Crippen LogP contribution < -0.4 is 5.73 Å². The first kappa shape index (κ1) is 15.2. The van der Waals surface area contributed by atoms with E-state index in [0.717, 1.165) is 0 Å². The average molecular weight is 286 g/mol. The Kier molecular flexibility index (Phi) is 5.37. The Morgan fingerprint density at radius 1 is 1.33 bits per heavy atom. The van der Waals surface area contributed by atoms with Gasteiger partial charge < -0.3 is 10.5 Å². The van der Waals surface area contributed by atoms with Crippen LogP contribution in [0.4, 0.5) is 17.6 Å². The van der Waals surface area contributed by atoms with Gasteiger partial charge in [0.1, 0.15) is 12.4 Å². The van der Waals surface area contributed by atoms with E-state index < -0.39 is 24.6 Å². The van der Waals surface area contributed by atoms with Gasteiger partial charge in [-0.25, -0.2) is 4.39 Å². The minimum Gasteiger partial charge on any atom is -0.370 e. The van der Waals surface area contributed by atoms with Gasteiger partial charge in [-0.15, -0.1) is 0 Å². The van der Waals surface area contributed by atoms with Gasteiger partial charge in [-0.3, -0.25) is 0 Å². The molecule has 0 heterocycles. The summed E-state index contributed by atoms with van der Waals surface area (Å²) in [5.74, 6) is -0.586. The third-order valence-electron chi connectivity index (χ3n) is 2.08. The Bertz CT molecular complexity index is 397. The maximum absolute atomic E-state index is 13.1. The molecule has 0 saturated carbocycles. The minimum atomic E-state index is -4.37. The predicted octanol–water partition coefficient (Wildman–Crippen LogP) is 2.93. The van der Waals surface area contributed by atoms with Gasteiger partial charge in [-0.2, -0.15) is 13.2 Å². The lowest BCUT2D eigenvalue weighted by atomic mass is 10.1. The number of alkyl halides is 3. The van der Waals surface area contributed by atoms with Crippen molar-refractivity contribution in [3.05, 3.63) is 34.6 Å². The van der Waals surface area contributed by atoms with Crippen LogP contribution in [0.25, 0.3) is 0 Å². The maximum Gasteiger partial charge on any atom is 0.411 e. The summed E-state index contributed by atoms with van der Waals surface area (Å²) in [7, 11) is 0. The van der Waals surface area contributed by atoms with Crippen molar-refractivity contribution in [2.24, 2.45) is 5.73 Å². The third kappa shape index (κ3) is 5.66. The molecule has 102 valence electrons. The molecular formula is C11H12ClF4NO. The average Bonchev–Trinajstić information content (AvgIpc) is 2.21. The zero-order valence-electron chi connectivity index (χ0n) is 9.31. The Morgan fingerprint density at radius 3 is 2.56 bits per heavy atom. The monoisotopic (exact) mass is 285 g/mol. The molecule has 0 spiro atoms. The van der Waals surface area contributed by atoms with Gasteiger partial charge in [0.05, 0.1) is 11.6 Å². The van der Waals surface area contributed by atoms with Gasteiger partial charge in [-0.1, -0.05) is 17.7 Å². The Morgan fingerprint density at radius 2 is 2.00 bits per heavy atom. The molecular weight excluding hydrogens is 274 g/mol. The molecule has 1 aromatic carbocycles. The van der Waals surface area contributed by atoms with Crippen LogP contribution in [0.3, 0.4) is 0 Å². The predicted molar refractivity (Wildman–Crippen MR) is 60.0 cm³/mol. The number of hydrogen-bond acceptors (Lipinski definition) is 2. The van der Waals surface area contributed by atoms with E-state index in [1.165, 1.54) is 12.1 Å². The molecule has 1 aromatic rings. The fourth-order valence-electron chi connectivity index (χ4n) is 1.35. The summed E-state index contributed by atoms with van der Waals surface area (Å²) in [6.07, 6.45) is -4.15. The number of halogens is 5. The molecule has 2 nitrogen and oxygen atoms in total. The number of rotatable bonds is 5. The normalized spacial score (nSPS) is 13.7. The van der Waals surface area contributed by atoms with E-state index in [2.05, 4.69) is 4.74 Å². The highest BCUT2D eigenvalue weighted by Gasteiger charge is 2.27. The van der Waals surface area contributed by atoms with Gasteiger partial charge in [0.2, 0.25) is 0 Å². The van der Waals surface area contributed by atoms with Crippen LogP contribution >= 0.6 is 11.6 Å². The molecule has 0 aliphatic heterocycles. The van der Waals surface area contributed by atoms with Crippen molar-refractivity contribution in [2.75, 3.05) is 13.2 Å². The van der Waals surface area contributed by atoms with Gasteiger partial charge >= 0.3 is 6.18 Å². The quantitative estimate of drug-likeness (QED) is 0.844. The molecule has 7 heteroatoms. The number of hydrogen-bond donors (Lipinski definition) is 1. The van der Waals surface area contributed by atoms with E-state index in [9.17, 15) is 17.6 Å². The van der Waals surface area contributed by atoms with E-state index >= 15 is 0 Å². The van der Waals surface area contributed by atoms with Crippen molar-refractivity contribution in [2.45, 2.75) is 18.6 Å². The van der Waals surface area contributed by atoms with Crippen molar-refractivity contribution in [1.29, 1.82) is 0 Å². The summed E-state index contributed by atoms with van der Waals surface area (Å²) in [5.41, 5.74) is 6.13. The highest BCUT2D eigenvalue weighted by atomic mass is 35.5. The molecule has 0 saturated heterocycles. The summed E-state index contributed by atoms with van der Waals surface area (Å²) in [6, 6.07) is 3.50. The van der Waals surface area contributed by atoms with E-state index in [-0.39, 0.29) is 18.1 Å². The zero-order valence-corrected chi connectivity index (χ0v) is 10.1. The second kappa shape index (κ2) is 6.36. The van der Waals surface area contributed by atoms with Crippen molar-refractivity contribution >= 4 is 11.6 Å². The van der Waals surface area contributed by atoms with Gasteiger partial charge in [-0.05, 0) is 24.1 Å². The lowest BCUT2D eigenvalue weighted by Gasteiger charge is -2.13. The second-order valence-corrected chi connectivity index (χ2v) is 4.25. The summed E-state index contributed by atoms with van der Waals surface area (Å²) in [4.78, 5) is 0. The van der Waals surface area contributed by atoms with Gasteiger partial charge in [0, 0.05) is 6.04 Å². The molecule has 0 fully saturated rings. The molecule has 1 atom stereocenters. The SMILES string of the molecule is NC(COCC(F)(F)F)Cc1ccc(Cl)c(F)c1. The fourth-order valence-corrected chi connectivity index (χ4v) is 1.47. The minimum absolute atomic E-state index is 0.0133. The molecule has 0 radical (unpaired) electrons. The zero-order chi connectivity index (χ0) is 13.8. The molecule has 1 rings (SSSR count). The highest BCUT2D eigenvalue weighted by molar-refractivity contribution is 6.30. The van der Waals surface area contributed by atoms with Crippen LogP contribution in [0.5, 0.6) is 0 Å². The summed E-state index contributed by atoms with van der Waals surface area (Å²) < 4.78 is 52.9. The van der Waals surface area contributed by atoms with Crippen molar-refractivity contribution < 1.29 is 22.3 Å². The molecule has 0 aliphatic rings. The number of nitrogens with two attached hydrogens (primary N) is 1. The standard InChI is InChI=1S/C11H12ClF4NO/c12-9-2-1-7(4-10(9)13)3-8(17)5-18-6-11(14,15)16/h1-2,4,8H,3,5-6,17H2. The fraction of sp³-hybridized carbons (Fsp3) is 0.455. The Hall–Kier alpha value is -0.850. The van der Waals surface area contributed by atoms with Gasteiger partial charge in [0.15, 0.2) is 0 Å². The van der Waals surface area contributed by atoms with Crippen LogP contribution in [0.2, 0.25) is 5.02 Å². The van der Waals surface area contributed by atoms with Crippen LogP contribution in [-0.2, 0) is 11.2 Å². The van der Waals surface area contributed by atoms with E-state index in [1.807, 2.05) is 0 Å². The van der Waals surface area contributed by atoms with Crippen molar-refractivity contribution in [1.82, 2.24) is 0 Å². The molecule has 1 unspecified atom stereocenters. The highest BCUT2D eigenvalue weighted by Crippen LogP contribution is 2.17. The van der Waals surface area contributed by atoms with E-state index in [1.54, 1.807) is 6.07 Å². The van der Waals surface area contributed by atoms with Crippen LogP contribution in [0, 0.1) is 5.82 Å². The Balaban J connectivity index is 2.40. The Labute approximate surface area is 107 Å². The maximum atomic E-state index is 13.1. The largest absolute Gasteiger partial charge is 0.411 e. The van der Waals surface area contributed by atoms with Crippen LogP contribution in [0.15, 0.2) is 18.2 Å². The van der Waals surface area contributed by atoms with E-state index in [4.69, 9.17) is 17.3 Å². The molecule has 0 amide bonds. The van der Waals surface area contributed by atoms with Crippen LogP contribution in [0.1, 0.15) is 5.56 Å². The van der Waals surface area contributed by atoms with E-state index in [0.29, 0.717) is 5.56 Å². The number of benzene rings is 1. The molecule has 0 bridgehead atoms. The van der Waals surface area contributed by atoms with Crippen LogP contribution in [-0.4, -0.2) is 25.4 Å². The molecule has 18 heavy (non-hydrogen) atoms. The third-order valence-corrected chi connectivity index (χ3v) is 2.39. The summed E-state index contributed by atoms with van der Waals surface area (Å²) >= 11 is 5.50. The molecule has 0 aromatic heterocycles. The molecule has 0 aliphatic carbocycles. The summed E-state index contributed by atoms with van der Waals surface area (Å²) in [6.45, 7) is -1.58.